The number of benzene rings is 1. The molecule has 156 valence electrons. The van der Waals surface area contributed by atoms with E-state index in [0.717, 1.165) is 5.56 Å². The first-order chi connectivity index (χ1) is 13.3. The van der Waals surface area contributed by atoms with Crippen molar-refractivity contribution in [2.24, 2.45) is 0 Å². The normalized spacial score (nSPS) is 11.5. The molecule has 1 aromatic rings. The van der Waals surface area contributed by atoms with Crippen molar-refractivity contribution >= 4 is 17.9 Å². The summed E-state index contributed by atoms with van der Waals surface area (Å²) in [5, 5.41) is 4.99. The third kappa shape index (κ3) is 7.43. The van der Waals surface area contributed by atoms with Gasteiger partial charge in [-0.25, -0.2) is 4.79 Å². The number of amides is 3. The van der Waals surface area contributed by atoms with Crippen LogP contribution in [0.3, 0.4) is 0 Å². The summed E-state index contributed by atoms with van der Waals surface area (Å²) in [5.74, 6) is 0.497. The summed E-state index contributed by atoms with van der Waals surface area (Å²) in [7, 11) is 3.12. The third-order valence-corrected chi connectivity index (χ3v) is 3.98. The fourth-order valence-electron chi connectivity index (χ4n) is 2.55. The summed E-state index contributed by atoms with van der Waals surface area (Å²) < 4.78 is 15.2. The van der Waals surface area contributed by atoms with Crippen LogP contribution in [0, 0.1) is 0 Å². The summed E-state index contributed by atoms with van der Waals surface area (Å²) in [6.07, 6.45) is -0.799. The van der Waals surface area contributed by atoms with Crippen molar-refractivity contribution in [3.05, 3.63) is 23.8 Å². The van der Waals surface area contributed by atoms with E-state index < -0.39 is 12.0 Å². The van der Waals surface area contributed by atoms with Gasteiger partial charge in [0.2, 0.25) is 11.8 Å². The Labute approximate surface area is 165 Å². The molecule has 28 heavy (non-hydrogen) atoms. The molecule has 1 aromatic carbocycles. The zero-order valence-corrected chi connectivity index (χ0v) is 17.0. The Hall–Kier alpha value is -2.81. The van der Waals surface area contributed by atoms with E-state index in [-0.39, 0.29) is 31.6 Å². The molecule has 0 aromatic heterocycles. The molecule has 0 radical (unpaired) electrons. The standard InChI is InChI=1S/C19H29N3O6/c1-6-22(12-18(24)21-19(25)28-7-2)11-17(23)20-13(3)15-10-14(26-4)8-9-16(15)27-5/h8-10,13H,6-7,11-12H2,1-5H3,(H,20,23)(H,21,24,25)/t13-/m1/s1. The van der Waals surface area contributed by atoms with Crippen molar-refractivity contribution in [3.63, 3.8) is 0 Å². The highest BCUT2D eigenvalue weighted by molar-refractivity contribution is 5.93. The van der Waals surface area contributed by atoms with Crippen LogP contribution in [-0.2, 0) is 14.3 Å². The Morgan fingerprint density at radius 2 is 1.75 bits per heavy atom. The van der Waals surface area contributed by atoms with Gasteiger partial charge in [-0.1, -0.05) is 6.92 Å². The summed E-state index contributed by atoms with van der Waals surface area (Å²) in [6.45, 7) is 5.83. The van der Waals surface area contributed by atoms with Gasteiger partial charge in [-0.05, 0) is 38.6 Å². The third-order valence-electron chi connectivity index (χ3n) is 3.98. The van der Waals surface area contributed by atoms with E-state index in [1.807, 2.05) is 13.8 Å². The van der Waals surface area contributed by atoms with Crippen LogP contribution in [0.15, 0.2) is 18.2 Å². The number of hydrogen-bond acceptors (Lipinski definition) is 7. The number of rotatable bonds is 10. The maximum Gasteiger partial charge on any atom is 0.413 e. The van der Waals surface area contributed by atoms with Crippen LogP contribution in [0.4, 0.5) is 4.79 Å². The summed E-state index contributed by atoms with van der Waals surface area (Å²) in [5.41, 5.74) is 0.776. The predicted molar refractivity (Wildman–Crippen MR) is 103 cm³/mol. The lowest BCUT2D eigenvalue weighted by Gasteiger charge is -2.22. The highest BCUT2D eigenvalue weighted by atomic mass is 16.5. The van der Waals surface area contributed by atoms with Crippen molar-refractivity contribution in [1.82, 2.24) is 15.5 Å². The zero-order chi connectivity index (χ0) is 21.1. The number of methoxy groups -OCH3 is 2. The number of hydrogen-bond donors (Lipinski definition) is 2. The lowest BCUT2D eigenvalue weighted by atomic mass is 10.1. The van der Waals surface area contributed by atoms with E-state index in [4.69, 9.17) is 9.47 Å². The van der Waals surface area contributed by atoms with Crippen molar-refractivity contribution in [3.8, 4) is 11.5 Å². The van der Waals surface area contributed by atoms with E-state index in [1.54, 1.807) is 44.2 Å². The molecule has 0 aliphatic carbocycles. The van der Waals surface area contributed by atoms with Gasteiger partial charge < -0.3 is 19.5 Å². The topological polar surface area (TPSA) is 106 Å². The first kappa shape index (κ1) is 23.2. The quantitative estimate of drug-likeness (QED) is 0.618. The molecule has 0 saturated heterocycles. The average Bonchev–Trinajstić information content (AvgIpc) is 2.66. The fraction of sp³-hybridized carbons (Fsp3) is 0.526. The molecular formula is C19H29N3O6. The molecule has 0 aliphatic rings. The van der Waals surface area contributed by atoms with Crippen molar-refractivity contribution in [2.75, 3.05) is 40.5 Å². The minimum absolute atomic E-state index is 0.00334. The van der Waals surface area contributed by atoms with E-state index in [9.17, 15) is 14.4 Å². The number of nitrogens with zero attached hydrogens (tertiary/aromatic N) is 1. The van der Waals surface area contributed by atoms with Crippen molar-refractivity contribution < 1.29 is 28.6 Å². The van der Waals surface area contributed by atoms with Gasteiger partial charge in [0.25, 0.3) is 0 Å². The predicted octanol–water partition coefficient (Wildman–Crippen LogP) is 1.48. The van der Waals surface area contributed by atoms with E-state index >= 15 is 0 Å². The first-order valence-electron chi connectivity index (χ1n) is 9.04. The van der Waals surface area contributed by atoms with E-state index in [1.165, 1.54) is 0 Å². The molecule has 3 amide bonds. The monoisotopic (exact) mass is 395 g/mol. The lowest BCUT2D eigenvalue weighted by Crippen LogP contribution is -2.44. The van der Waals surface area contributed by atoms with Gasteiger partial charge in [-0.2, -0.15) is 0 Å². The molecule has 0 fully saturated rings. The van der Waals surface area contributed by atoms with Gasteiger partial charge >= 0.3 is 6.09 Å². The van der Waals surface area contributed by atoms with Crippen LogP contribution in [-0.4, -0.2) is 63.3 Å². The van der Waals surface area contributed by atoms with Gasteiger partial charge in [0, 0.05) is 5.56 Å². The summed E-state index contributed by atoms with van der Waals surface area (Å²) in [4.78, 5) is 37.2. The second-order valence-electron chi connectivity index (χ2n) is 5.97. The largest absolute Gasteiger partial charge is 0.497 e. The number of likely N-dealkylation sites (N-methyl/N-ethyl adjacent to an activating group) is 1. The van der Waals surface area contributed by atoms with Gasteiger partial charge in [0.1, 0.15) is 11.5 Å². The Morgan fingerprint density at radius 1 is 1.07 bits per heavy atom. The molecule has 0 unspecified atom stereocenters. The number of ether oxygens (including phenoxy) is 3. The first-order valence-corrected chi connectivity index (χ1v) is 9.04. The minimum atomic E-state index is -0.799. The highest BCUT2D eigenvalue weighted by Crippen LogP contribution is 2.29. The minimum Gasteiger partial charge on any atom is -0.497 e. The fourth-order valence-corrected chi connectivity index (χ4v) is 2.55. The average molecular weight is 395 g/mol. The molecule has 0 aliphatic heterocycles. The molecule has 0 spiro atoms. The van der Waals surface area contributed by atoms with Crippen LogP contribution in [0.5, 0.6) is 11.5 Å². The Kier molecular flexibility index (Phi) is 9.80. The van der Waals surface area contributed by atoms with Gasteiger partial charge in [0.05, 0.1) is 40.0 Å². The van der Waals surface area contributed by atoms with Gasteiger partial charge in [-0.3, -0.25) is 19.8 Å². The molecule has 0 saturated carbocycles. The molecule has 0 heterocycles. The van der Waals surface area contributed by atoms with Crippen molar-refractivity contribution in [1.29, 1.82) is 0 Å². The van der Waals surface area contributed by atoms with Gasteiger partial charge in [-0.15, -0.1) is 0 Å². The number of imide groups is 1. The Bertz CT molecular complexity index is 680. The van der Waals surface area contributed by atoms with Crippen molar-refractivity contribution in [2.45, 2.75) is 26.8 Å². The molecule has 2 N–H and O–H groups in total. The molecule has 1 atom stereocenters. The molecule has 1 rings (SSSR count). The number of carbonyl (C=O) groups excluding carboxylic acids is 3. The molecule has 0 bridgehead atoms. The second kappa shape index (κ2) is 11.8. The Morgan fingerprint density at radius 3 is 2.32 bits per heavy atom. The Balaban J connectivity index is 2.66. The molecular weight excluding hydrogens is 366 g/mol. The maximum atomic E-state index is 12.4. The number of nitrogens with one attached hydrogen (secondary N) is 2. The number of alkyl carbamates (subject to hydrolysis) is 1. The SMILES string of the molecule is CCOC(=O)NC(=O)CN(CC)CC(=O)N[C@H](C)c1cc(OC)ccc1OC. The second-order valence-corrected chi connectivity index (χ2v) is 5.97. The number of carbonyl (C=O) groups is 3. The van der Waals surface area contributed by atoms with E-state index in [2.05, 4.69) is 15.4 Å². The smallest absolute Gasteiger partial charge is 0.413 e. The summed E-state index contributed by atoms with van der Waals surface area (Å²) >= 11 is 0. The van der Waals surface area contributed by atoms with Crippen LogP contribution in [0.2, 0.25) is 0 Å². The molecule has 9 heteroatoms. The molecule has 9 nitrogen and oxygen atoms in total. The van der Waals surface area contributed by atoms with E-state index in [0.29, 0.717) is 18.0 Å². The van der Waals surface area contributed by atoms with Gasteiger partial charge in [0.15, 0.2) is 0 Å². The lowest BCUT2D eigenvalue weighted by molar-refractivity contribution is -0.125. The highest BCUT2D eigenvalue weighted by Gasteiger charge is 2.19. The van der Waals surface area contributed by atoms with Crippen LogP contribution >= 0.6 is 0 Å². The summed E-state index contributed by atoms with van der Waals surface area (Å²) in [6, 6.07) is 5.02. The maximum absolute atomic E-state index is 12.4. The van der Waals surface area contributed by atoms with Crippen LogP contribution in [0.1, 0.15) is 32.4 Å². The van der Waals surface area contributed by atoms with Crippen LogP contribution in [0.25, 0.3) is 0 Å². The van der Waals surface area contributed by atoms with Crippen LogP contribution < -0.4 is 20.1 Å². The zero-order valence-electron chi connectivity index (χ0n) is 17.0.